The van der Waals surface area contributed by atoms with Crippen molar-refractivity contribution in [3.05, 3.63) is 48.6 Å². The van der Waals surface area contributed by atoms with E-state index >= 15 is 0 Å². The van der Waals surface area contributed by atoms with E-state index in [-0.39, 0.29) is 11.9 Å². The molecule has 1 aromatic carbocycles. The molecular formula is C14H20N2O. The SMILES string of the molecule is C=CCNCC(=O)NC(CC)c1ccccc1. The Balaban J connectivity index is 2.47. The van der Waals surface area contributed by atoms with Crippen LogP contribution >= 0.6 is 0 Å². The molecule has 3 heteroatoms. The summed E-state index contributed by atoms with van der Waals surface area (Å²) in [4.78, 5) is 11.7. The van der Waals surface area contributed by atoms with Crippen molar-refractivity contribution in [3.8, 4) is 0 Å². The van der Waals surface area contributed by atoms with E-state index in [2.05, 4.69) is 24.1 Å². The fraction of sp³-hybridized carbons (Fsp3) is 0.357. The Morgan fingerprint density at radius 2 is 2.12 bits per heavy atom. The smallest absolute Gasteiger partial charge is 0.234 e. The molecule has 0 heterocycles. The molecule has 0 bridgehead atoms. The number of benzene rings is 1. The summed E-state index contributed by atoms with van der Waals surface area (Å²) >= 11 is 0. The second-order valence-corrected chi connectivity index (χ2v) is 3.86. The van der Waals surface area contributed by atoms with Crippen LogP contribution in [0.2, 0.25) is 0 Å². The molecule has 0 spiro atoms. The summed E-state index contributed by atoms with van der Waals surface area (Å²) in [5.41, 5.74) is 1.15. The highest BCUT2D eigenvalue weighted by Crippen LogP contribution is 2.15. The van der Waals surface area contributed by atoms with Crippen LogP contribution in [0, 0.1) is 0 Å². The predicted molar refractivity (Wildman–Crippen MR) is 70.7 cm³/mol. The second kappa shape index (κ2) is 7.63. The Morgan fingerprint density at radius 1 is 1.41 bits per heavy atom. The Hall–Kier alpha value is -1.61. The van der Waals surface area contributed by atoms with Gasteiger partial charge in [0.15, 0.2) is 0 Å². The van der Waals surface area contributed by atoms with Crippen LogP contribution in [0.15, 0.2) is 43.0 Å². The molecule has 1 rings (SSSR count). The quantitative estimate of drug-likeness (QED) is 0.558. The highest BCUT2D eigenvalue weighted by atomic mass is 16.1. The second-order valence-electron chi connectivity index (χ2n) is 3.86. The van der Waals surface area contributed by atoms with Crippen molar-refractivity contribution in [3.63, 3.8) is 0 Å². The minimum Gasteiger partial charge on any atom is -0.348 e. The van der Waals surface area contributed by atoms with Crippen molar-refractivity contribution in [2.24, 2.45) is 0 Å². The lowest BCUT2D eigenvalue weighted by molar-refractivity contribution is -0.121. The van der Waals surface area contributed by atoms with Gasteiger partial charge in [-0.3, -0.25) is 4.79 Å². The highest BCUT2D eigenvalue weighted by Gasteiger charge is 2.11. The molecule has 1 aromatic rings. The summed E-state index contributed by atoms with van der Waals surface area (Å²) in [5, 5.41) is 5.99. The van der Waals surface area contributed by atoms with Gasteiger partial charge in [0.1, 0.15) is 0 Å². The standard InChI is InChI=1S/C14H20N2O/c1-3-10-15-11-14(17)16-13(4-2)12-8-6-5-7-9-12/h3,5-9,13,15H,1,4,10-11H2,2H3,(H,16,17). The van der Waals surface area contributed by atoms with Gasteiger partial charge in [-0.15, -0.1) is 6.58 Å². The van der Waals surface area contributed by atoms with Crippen molar-refractivity contribution in [1.82, 2.24) is 10.6 Å². The molecule has 0 radical (unpaired) electrons. The first-order valence-corrected chi connectivity index (χ1v) is 5.93. The molecule has 0 saturated carbocycles. The average molecular weight is 232 g/mol. The Bertz CT molecular complexity index is 348. The Labute approximate surface area is 103 Å². The van der Waals surface area contributed by atoms with Crippen molar-refractivity contribution in [1.29, 1.82) is 0 Å². The molecule has 0 fully saturated rings. The number of hydrogen-bond donors (Lipinski definition) is 2. The maximum atomic E-state index is 11.7. The van der Waals surface area contributed by atoms with Crippen LogP contribution in [-0.4, -0.2) is 19.0 Å². The van der Waals surface area contributed by atoms with E-state index in [0.717, 1.165) is 12.0 Å². The number of carbonyl (C=O) groups excluding carboxylic acids is 1. The number of amides is 1. The van der Waals surface area contributed by atoms with Gasteiger partial charge in [0.2, 0.25) is 5.91 Å². The zero-order chi connectivity index (χ0) is 12.5. The van der Waals surface area contributed by atoms with E-state index in [4.69, 9.17) is 0 Å². The van der Waals surface area contributed by atoms with Crippen LogP contribution in [0.5, 0.6) is 0 Å². The first kappa shape index (κ1) is 13.5. The van der Waals surface area contributed by atoms with Crippen LogP contribution in [0.3, 0.4) is 0 Å². The molecule has 0 aliphatic heterocycles. The normalized spacial score (nSPS) is 11.8. The molecule has 1 atom stereocenters. The molecule has 92 valence electrons. The fourth-order valence-electron chi connectivity index (χ4n) is 1.64. The van der Waals surface area contributed by atoms with Gasteiger partial charge in [-0.2, -0.15) is 0 Å². The van der Waals surface area contributed by atoms with E-state index < -0.39 is 0 Å². The van der Waals surface area contributed by atoms with Crippen molar-refractivity contribution >= 4 is 5.91 Å². The van der Waals surface area contributed by atoms with Crippen LogP contribution < -0.4 is 10.6 Å². The third-order valence-electron chi connectivity index (χ3n) is 2.52. The minimum atomic E-state index is 0.0163. The maximum Gasteiger partial charge on any atom is 0.234 e. The Kier molecular flexibility index (Phi) is 6.04. The van der Waals surface area contributed by atoms with Crippen molar-refractivity contribution in [2.75, 3.05) is 13.1 Å². The van der Waals surface area contributed by atoms with Gasteiger partial charge < -0.3 is 10.6 Å². The molecule has 0 aliphatic carbocycles. The Morgan fingerprint density at radius 3 is 2.71 bits per heavy atom. The van der Waals surface area contributed by atoms with Gasteiger partial charge in [0.25, 0.3) is 0 Å². The summed E-state index contributed by atoms with van der Waals surface area (Å²) in [6.45, 7) is 6.63. The van der Waals surface area contributed by atoms with Gasteiger partial charge in [-0.25, -0.2) is 0 Å². The highest BCUT2D eigenvalue weighted by molar-refractivity contribution is 5.78. The van der Waals surface area contributed by atoms with Crippen LogP contribution in [-0.2, 0) is 4.79 Å². The van der Waals surface area contributed by atoms with Crippen molar-refractivity contribution < 1.29 is 4.79 Å². The lowest BCUT2D eigenvalue weighted by atomic mass is 10.0. The first-order chi connectivity index (χ1) is 8.27. The third kappa shape index (κ3) is 4.83. The first-order valence-electron chi connectivity index (χ1n) is 5.93. The third-order valence-corrected chi connectivity index (χ3v) is 2.52. The van der Waals surface area contributed by atoms with E-state index in [0.29, 0.717) is 13.1 Å². The van der Waals surface area contributed by atoms with E-state index in [1.807, 2.05) is 30.3 Å². The molecular weight excluding hydrogens is 212 g/mol. The van der Waals surface area contributed by atoms with Gasteiger partial charge in [-0.05, 0) is 12.0 Å². The lowest BCUT2D eigenvalue weighted by Crippen LogP contribution is -2.36. The van der Waals surface area contributed by atoms with Gasteiger partial charge in [-0.1, -0.05) is 43.3 Å². The monoisotopic (exact) mass is 232 g/mol. The van der Waals surface area contributed by atoms with Crippen LogP contribution in [0.1, 0.15) is 24.9 Å². The van der Waals surface area contributed by atoms with E-state index in [9.17, 15) is 4.79 Å². The number of rotatable bonds is 7. The largest absolute Gasteiger partial charge is 0.348 e. The van der Waals surface area contributed by atoms with Gasteiger partial charge in [0.05, 0.1) is 12.6 Å². The predicted octanol–water partition coefficient (Wildman–Crippen LogP) is 2.03. The summed E-state index contributed by atoms with van der Waals surface area (Å²) in [6.07, 6.45) is 2.62. The van der Waals surface area contributed by atoms with Crippen LogP contribution in [0.25, 0.3) is 0 Å². The number of hydrogen-bond acceptors (Lipinski definition) is 2. The number of carbonyl (C=O) groups is 1. The zero-order valence-corrected chi connectivity index (χ0v) is 10.3. The zero-order valence-electron chi connectivity index (χ0n) is 10.3. The molecule has 0 aliphatic rings. The molecule has 2 N–H and O–H groups in total. The summed E-state index contributed by atoms with van der Waals surface area (Å²) in [7, 11) is 0. The van der Waals surface area contributed by atoms with E-state index in [1.54, 1.807) is 6.08 Å². The lowest BCUT2D eigenvalue weighted by Gasteiger charge is -2.17. The summed E-state index contributed by atoms with van der Waals surface area (Å²) < 4.78 is 0. The molecule has 0 saturated heterocycles. The minimum absolute atomic E-state index is 0.0163. The molecule has 3 nitrogen and oxygen atoms in total. The molecule has 17 heavy (non-hydrogen) atoms. The maximum absolute atomic E-state index is 11.7. The van der Waals surface area contributed by atoms with Gasteiger partial charge >= 0.3 is 0 Å². The molecule has 1 amide bonds. The number of nitrogens with one attached hydrogen (secondary N) is 2. The topological polar surface area (TPSA) is 41.1 Å². The van der Waals surface area contributed by atoms with Gasteiger partial charge in [0, 0.05) is 6.54 Å². The summed E-state index contributed by atoms with van der Waals surface area (Å²) in [5.74, 6) is 0.0163. The average Bonchev–Trinajstić information content (AvgIpc) is 2.37. The van der Waals surface area contributed by atoms with E-state index in [1.165, 1.54) is 0 Å². The van der Waals surface area contributed by atoms with Crippen molar-refractivity contribution in [2.45, 2.75) is 19.4 Å². The fourth-order valence-corrected chi connectivity index (χ4v) is 1.64. The molecule has 1 unspecified atom stereocenters. The van der Waals surface area contributed by atoms with Crippen LogP contribution in [0.4, 0.5) is 0 Å². The molecule has 0 aromatic heterocycles. The summed E-state index contributed by atoms with van der Waals surface area (Å²) in [6, 6.07) is 10.1.